The van der Waals surface area contributed by atoms with Gasteiger partial charge in [0.2, 0.25) is 0 Å². The predicted octanol–water partition coefficient (Wildman–Crippen LogP) is 2.42. The van der Waals surface area contributed by atoms with E-state index in [1.54, 1.807) is 6.20 Å². The monoisotopic (exact) mass is 266 g/mol. The van der Waals surface area contributed by atoms with Crippen LogP contribution in [0.2, 0.25) is 0 Å². The third-order valence-corrected chi connectivity index (χ3v) is 3.31. The van der Waals surface area contributed by atoms with Crippen molar-refractivity contribution in [3.8, 4) is 6.07 Å². The van der Waals surface area contributed by atoms with Gasteiger partial charge in [-0.1, -0.05) is 6.07 Å². The molecule has 1 fully saturated rings. The van der Waals surface area contributed by atoms with Crippen LogP contribution in [0.3, 0.4) is 0 Å². The molecule has 1 aromatic rings. The van der Waals surface area contributed by atoms with Crippen molar-refractivity contribution < 1.29 is 4.74 Å². The van der Waals surface area contributed by atoms with Gasteiger partial charge < -0.3 is 4.74 Å². The van der Waals surface area contributed by atoms with E-state index in [-0.39, 0.29) is 0 Å². The first-order chi connectivity index (χ1) is 7.27. The Balaban J connectivity index is 2.33. The molecular formula is C11H11BrN2O. The van der Waals surface area contributed by atoms with Gasteiger partial charge in [-0.05, 0) is 40.4 Å². The smallest absolute Gasteiger partial charge is 0.106 e. The van der Waals surface area contributed by atoms with E-state index >= 15 is 0 Å². The number of nitriles is 1. The molecule has 1 aliphatic heterocycles. The van der Waals surface area contributed by atoms with Gasteiger partial charge in [0, 0.05) is 19.4 Å². The summed E-state index contributed by atoms with van der Waals surface area (Å²) in [6.45, 7) is 1.31. The maximum atomic E-state index is 9.32. The zero-order chi connectivity index (χ0) is 10.7. The Morgan fingerprint density at radius 1 is 1.40 bits per heavy atom. The molecule has 0 amide bonds. The first kappa shape index (κ1) is 10.6. The number of pyridine rings is 1. The lowest BCUT2D eigenvalue weighted by atomic mass is 9.76. The third kappa shape index (κ3) is 2.04. The van der Waals surface area contributed by atoms with Crippen molar-refractivity contribution in [1.29, 1.82) is 5.26 Å². The highest BCUT2D eigenvalue weighted by Gasteiger charge is 2.34. The normalized spacial score (nSPS) is 19.5. The standard InChI is InChI=1S/C11H11BrN2O/c12-10-2-1-9(7-14-10)11(8-13)3-5-15-6-4-11/h1-2,7H,3-6H2. The number of nitrogens with zero attached hydrogens (tertiary/aromatic N) is 2. The van der Waals surface area contributed by atoms with Crippen LogP contribution in [0, 0.1) is 11.3 Å². The predicted molar refractivity (Wildman–Crippen MR) is 59.3 cm³/mol. The second kappa shape index (κ2) is 4.30. The Hall–Kier alpha value is -0.920. The second-order valence-corrected chi connectivity index (χ2v) is 4.49. The highest BCUT2D eigenvalue weighted by Crippen LogP contribution is 2.33. The summed E-state index contributed by atoms with van der Waals surface area (Å²) < 4.78 is 6.09. The molecule has 0 bridgehead atoms. The molecule has 15 heavy (non-hydrogen) atoms. The molecule has 2 rings (SSSR count). The summed E-state index contributed by atoms with van der Waals surface area (Å²) in [7, 11) is 0. The molecule has 0 atom stereocenters. The Morgan fingerprint density at radius 3 is 2.67 bits per heavy atom. The number of aromatic nitrogens is 1. The molecule has 4 heteroatoms. The quantitative estimate of drug-likeness (QED) is 0.734. The van der Waals surface area contributed by atoms with Crippen LogP contribution in [0.25, 0.3) is 0 Å². The van der Waals surface area contributed by atoms with E-state index in [0.717, 1.165) is 23.0 Å². The maximum absolute atomic E-state index is 9.32. The summed E-state index contributed by atoms with van der Waals surface area (Å²) in [5.74, 6) is 0. The second-order valence-electron chi connectivity index (χ2n) is 3.68. The highest BCUT2D eigenvalue weighted by molar-refractivity contribution is 9.10. The molecule has 0 radical (unpaired) electrons. The fourth-order valence-corrected chi connectivity index (χ4v) is 2.08. The zero-order valence-corrected chi connectivity index (χ0v) is 9.83. The summed E-state index contributed by atoms with van der Waals surface area (Å²) in [5, 5.41) is 9.32. The van der Waals surface area contributed by atoms with Crippen molar-refractivity contribution in [2.75, 3.05) is 13.2 Å². The minimum Gasteiger partial charge on any atom is -0.381 e. The van der Waals surface area contributed by atoms with Gasteiger partial charge in [-0.2, -0.15) is 5.26 Å². The van der Waals surface area contributed by atoms with Crippen molar-refractivity contribution in [2.45, 2.75) is 18.3 Å². The fraction of sp³-hybridized carbons (Fsp3) is 0.455. The molecule has 0 N–H and O–H groups in total. The number of hydrogen-bond donors (Lipinski definition) is 0. The van der Waals surface area contributed by atoms with Gasteiger partial charge in [0.05, 0.1) is 11.5 Å². The molecule has 1 saturated heterocycles. The maximum Gasteiger partial charge on any atom is 0.106 e. The minimum atomic E-state index is -0.397. The van der Waals surface area contributed by atoms with Gasteiger partial charge >= 0.3 is 0 Å². The molecule has 1 aliphatic rings. The number of rotatable bonds is 1. The summed E-state index contributed by atoms with van der Waals surface area (Å²) in [4.78, 5) is 4.17. The summed E-state index contributed by atoms with van der Waals surface area (Å²) in [6.07, 6.45) is 3.29. The van der Waals surface area contributed by atoms with E-state index in [4.69, 9.17) is 4.74 Å². The van der Waals surface area contributed by atoms with Crippen LogP contribution in [0.1, 0.15) is 18.4 Å². The molecule has 78 valence electrons. The van der Waals surface area contributed by atoms with Crippen molar-refractivity contribution in [2.24, 2.45) is 0 Å². The van der Waals surface area contributed by atoms with Crippen LogP contribution in [-0.4, -0.2) is 18.2 Å². The largest absolute Gasteiger partial charge is 0.381 e. The van der Waals surface area contributed by atoms with Gasteiger partial charge in [0.25, 0.3) is 0 Å². The van der Waals surface area contributed by atoms with Crippen LogP contribution in [0.15, 0.2) is 22.9 Å². The number of ether oxygens (including phenoxy) is 1. The molecule has 1 aromatic heterocycles. The van der Waals surface area contributed by atoms with Crippen molar-refractivity contribution >= 4 is 15.9 Å². The molecule has 0 aromatic carbocycles. The Bertz CT molecular complexity index is 377. The highest BCUT2D eigenvalue weighted by atomic mass is 79.9. The average Bonchev–Trinajstić information content (AvgIpc) is 2.31. The van der Waals surface area contributed by atoms with Crippen molar-refractivity contribution in [3.05, 3.63) is 28.5 Å². The molecule has 0 unspecified atom stereocenters. The van der Waals surface area contributed by atoms with Crippen molar-refractivity contribution in [1.82, 2.24) is 4.98 Å². The summed E-state index contributed by atoms with van der Waals surface area (Å²) >= 11 is 3.29. The van der Waals surface area contributed by atoms with Gasteiger partial charge in [-0.3, -0.25) is 0 Å². The minimum absolute atomic E-state index is 0.397. The Labute approximate surface area is 97.2 Å². The molecule has 0 saturated carbocycles. The zero-order valence-electron chi connectivity index (χ0n) is 8.24. The van der Waals surface area contributed by atoms with Crippen LogP contribution in [0.5, 0.6) is 0 Å². The lowest BCUT2D eigenvalue weighted by Gasteiger charge is -2.30. The van der Waals surface area contributed by atoms with Crippen LogP contribution >= 0.6 is 15.9 Å². The average molecular weight is 267 g/mol. The summed E-state index contributed by atoms with van der Waals surface area (Å²) in [6, 6.07) is 6.26. The lowest BCUT2D eigenvalue weighted by molar-refractivity contribution is 0.0674. The SMILES string of the molecule is N#CC1(c2ccc(Br)nc2)CCOCC1. The van der Waals surface area contributed by atoms with E-state index < -0.39 is 5.41 Å². The van der Waals surface area contributed by atoms with E-state index in [0.29, 0.717) is 13.2 Å². The van der Waals surface area contributed by atoms with Crippen LogP contribution in [0.4, 0.5) is 0 Å². The summed E-state index contributed by atoms with van der Waals surface area (Å²) in [5.41, 5.74) is 0.600. The lowest BCUT2D eigenvalue weighted by Crippen LogP contribution is -2.32. The van der Waals surface area contributed by atoms with Gasteiger partial charge in [-0.25, -0.2) is 4.98 Å². The van der Waals surface area contributed by atoms with E-state index in [2.05, 4.69) is 27.0 Å². The Morgan fingerprint density at radius 2 is 2.13 bits per heavy atom. The van der Waals surface area contributed by atoms with E-state index in [1.807, 2.05) is 12.1 Å². The van der Waals surface area contributed by atoms with Crippen LogP contribution in [-0.2, 0) is 10.2 Å². The molecule has 3 nitrogen and oxygen atoms in total. The van der Waals surface area contributed by atoms with Crippen LogP contribution < -0.4 is 0 Å². The number of halogens is 1. The number of hydrogen-bond acceptors (Lipinski definition) is 3. The topological polar surface area (TPSA) is 45.9 Å². The van der Waals surface area contributed by atoms with Gasteiger partial charge in [0.1, 0.15) is 4.60 Å². The van der Waals surface area contributed by atoms with Crippen molar-refractivity contribution in [3.63, 3.8) is 0 Å². The first-order valence-electron chi connectivity index (χ1n) is 4.88. The molecule has 0 aliphatic carbocycles. The first-order valence-corrected chi connectivity index (χ1v) is 5.67. The fourth-order valence-electron chi connectivity index (χ4n) is 1.84. The van der Waals surface area contributed by atoms with Gasteiger partial charge in [-0.15, -0.1) is 0 Å². The molecular weight excluding hydrogens is 256 g/mol. The van der Waals surface area contributed by atoms with E-state index in [9.17, 15) is 5.26 Å². The van der Waals surface area contributed by atoms with E-state index in [1.165, 1.54) is 0 Å². The molecule has 2 heterocycles. The Kier molecular flexibility index (Phi) is 3.03. The third-order valence-electron chi connectivity index (χ3n) is 2.84. The van der Waals surface area contributed by atoms with Gasteiger partial charge in [0.15, 0.2) is 0 Å². The molecule has 0 spiro atoms.